The van der Waals surface area contributed by atoms with Crippen LogP contribution in [0, 0.1) is 13.8 Å². The highest BCUT2D eigenvalue weighted by molar-refractivity contribution is 6.30. The van der Waals surface area contributed by atoms with Crippen LogP contribution in [0.25, 0.3) is 0 Å². The van der Waals surface area contributed by atoms with Gasteiger partial charge in [0.15, 0.2) is 0 Å². The molecule has 0 saturated heterocycles. The van der Waals surface area contributed by atoms with Gasteiger partial charge in [0, 0.05) is 29.0 Å². The van der Waals surface area contributed by atoms with E-state index in [0.29, 0.717) is 11.0 Å². The molecule has 0 radical (unpaired) electrons. The summed E-state index contributed by atoms with van der Waals surface area (Å²) < 4.78 is 0. The van der Waals surface area contributed by atoms with Gasteiger partial charge in [-0.3, -0.25) is 0 Å². The predicted octanol–water partition coefficient (Wildman–Crippen LogP) is 3.85. The number of anilines is 3. The van der Waals surface area contributed by atoms with Crippen molar-refractivity contribution in [2.45, 2.75) is 20.3 Å². The Balaban J connectivity index is 2.06. The summed E-state index contributed by atoms with van der Waals surface area (Å²) in [6.07, 6.45) is 1.04. The van der Waals surface area contributed by atoms with E-state index in [2.05, 4.69) is 39.6 Å². The molecule has 23 heavy (non-hydrogen) atoms. The molecule has 124 valence electrons. The van der Waals surface area contributed by atoms with Crippen LogP contribution in [0.2, 0.25) is 5.02 Å². The van der Waals surface area contributed by atoms with E-state index in [0.717, 1.165) is 42.3 Å². The monoisotopic (exact) mass is 333 g/mol. The Hall–Kier alpha value is -1.85. The van der Waals surface area contributed by atoms with Crippen LogP contribution in [0.5, 0.6) is 0 Å². The normalized spacial score (nSPS) is 10.9. The molecule has 1 aromatic carbocycles. The lowest BCUT2D eigenvalue weighted by Crippen LogP contribution is -2.17. The molecule has 1 aromatic heterocycles. The van der Waals surface area contributed by atoms with Crippen molar-refractivity contribution in [3.05, 3.63) is 40.5 Å². The molecule has 0 amide bonds. The lowest BCUT2D eigenvalue weighted by molar-refractivity contribution is 0.405. The van der Waals surface area contributed by atoms with Gasteiger partial charge < -0.3 is 15.5 Å². The molecule has 0 aliphatic heterocycles. The summed E-state index contributed by atoms with van der Waals surface area (Å²) in [6, 6.07) is 7.69. The zero-order chi connectivity index (χ0) is 16.8. The highest BCUT2D eigenvalue weighted by Gasteiger charge is 2.05. The molecule has 6 heteroatoms. The number of aromatic nitrogens is 2. The molecular formula is C17H24ClN5. The van der Waals surface area contributed by atoms with Gasteiger partial charge in [-0.05, 0) is 58.6 Å². The Morgan fingerprint density at radius 2 is 1.91 bits per heavy atom. The second-order valence-electron chi connectivity index (χ2n) is 5.89. The third-order valence-corrected chi connectivity index (χ3v) is 3.62. The van der Waals surface area contributed by atoms with Gasteiger partial charge >= 0.3 is 0 Å². The molecule has 0 aliphatic rings. The van der Waals surface area contributed by atoms with Gasteiger partial charge in [-0.25, -0.2) is 4.98 Å². The van der Waals surface area contributed by atoms with Crippen LogP contribution in [0.3, 0.4) is 0 Å². The Labute approximate surface area is 143 Å². The number of hydrogen-bond donors (Lipinski definition) is 2. The summed E-state index contributed by atoms with van der Waals surface area (Å²) in [5.74, 6) is 1.41. The molecule has 0 fully saturated rings. The standard InChI is InChI=1S/C17H24ClN5/c1-12-6-7-14(18)11-15(12)21-16-10-13(2)20-17(22-16)19-8-5-9-23(3)4/h6-7,10-11H,5,8-9H2,1-4H3,(H2,19,20,21,22). The molecule has 0 unspecified atom stereocenters. The molecule has 0 spiro atoms. The van der Waals surface area contributed by atoms with Gasteiger partial charge in [-0.2, -0.15) is 4.98 Å². The fourth-order valence-electron chi connectivity index (χ4n) is 2.17. The van der Waals surface area contributed by atoms with E-state index >= 15 is 0 Å². The molecule has 0 saturated carbocycles. The second kappa shape index (κ2) is 8.13. The van der Waals surface area contributed by atoms with Crippen molar-refractivity contribution >= 4 is 29.1 Å². The van der Waals surface area contributed by atoms with Crippen LogP contribution >= 0.6 is 11.6 Å². The molecule has 5 nitrogen and oxygen atoms in total. The number of hydrogen-bond acceptors (Lipinski definition) is 5. The van der Waals surface area contributed by atoms with Gasteiger partial charge in [0.25, 0.3) is 0 Å². The number of nitrogens with zero attached hydrogens (tertiary/aromatic N) is 3. The van der Waals surface area contributed by atoms with Crippen LogP contribution in [0.4, 0.5) is 17.5 Å². The first-order valence-electron chi connectivity index (χ1n) is 7.71. The van der Waals surface area contributed by atoms with E-state index in [1.807, 2.05) is 38.1 Å². The molecule has 0 bridgehead atoms. The highest BCUT2D eigenvalue weighted by Crippen LogP contribution is 2.24. The van der Waals surface area contributed by atoms with Crippen LogP contribution in [0.1, 0.15) is 17.7 Å². The first-order valence-corrected chi connectivity index (χ1v) is 8.09. The summed E-state index contributed by atoms with van der Waals surface area (Å²) in [7, 11) is 4.14. The molecule has 1 heterocycles. The second-order valence-corrected chi connectivity index (χ2v) is 6.32. The minimum Gasteiger partial charge on any atom is -0.354 e. The Morgan fingerprint density at radius 3 is 2.65 bits per heavy atom. The van der Waals surface area contributed by atoms with Gasteiger partial charge in [-0.15, -0.1) is 0 Å². The van der Waals surface area contributed by atoms with E-state index in [1.165, 1.54) is 0 Å². The summed E-state index contributed by atoms with van der Waals surface area (Å²) >= 11 is 6.07. The summed E-state index contributed by atoms with van der Waals surface area (Å²) in [5.41, 5.74) is 2.98. The number of benzene rings is 1. The van der Waals surface area contributed by atoms with Crippen molar-refractivity contribution in [1.29, 1.82) is 0 Å². The van der Waals surface area contributed by atoms with E-state index in [4.69, 9.17) is 11.6 Å². The SMILES string of the molecule is Cc1cc(Nc2cc(Cl)ccc2C)nc(NCCCN(C)C)n1. The predicted molar refractivity (Wildman–Crippen MR) is 97.9 cm³/mol. The fraction of sp³-hybridized carbons (Fsp3) is 0.412. The van der Waals surface area contributed by atoms with Crippen molar-refractivity contribution in [3.8, 4) is 0 Å². The Morgan fingerprint density at radius 1 is 1.13 bits per heavy atom. The maximum atomic E-state index is 6.07. The minimum atomic E-state index is 0.644. The minimum absolute atomic E-state index is 0.644. The van der Waals surface area contributed by atoms with E-state index in [-0.39, 0.29) is 0 Å². The van der Waals surface area contributed by atoms with Crippen molar-refractivity contribution in [2.75, 3.05) is 37.8 Å². The number of nitrogens with one attached hydrogen (secondary N) is 2. The maximum Gasteiger partial charge on any atom is 0.224 e. The first kappa shape index (κ1) is 17.5. The van der Waals surface area contributed by atoms with Crippen molar-refractivity contribution < 1.29 is 0 Å². The van der Waals surface area contributed by atoms with Crippen molar-refractivity contribution in [1.82, 2.24) is 14.9 Å². The van der Waals surface area contributed by atoms with E-state index in [9.17, 15) is 0 Å². The Bertz CT molecular complexity index is 657. The summed E-state index contributed by atoms with van der Waals surface area (Å²) in [6.45, 7) is 5.87. The molecule has 2 rings (SSSR count). The van der Waals surface area contributed by atoms with Crippen LogP contribution in [-0.2, 0) is 0 Å². The molecule has 0 atom stereocenters. The average molecular weight is 334 g/mol. The van der Waals surface area contributed by atoms with Crippen LogP contribution < -0.4 is 10.6 Å². The van der Waals surface area contributed by atoms with Crippen molar-refractivity contribution in [2.24, 2.45) is 0 Å². The number of aryl methyl sites for hydroxylation is 2. The maximum absolute atomic E-state index is 6.07. The smallest absolute Gasteiger partial charge is 0.224 e. The molecular weight excluding hydrogens is 310 g/mol. The van der Waals surface area contributed by atoms with Gasteiger partial charge in [0.05, 0.1) is 0 Å². The van der Waals surface area contributed by atoms with Gasteiger partial charge in [0.2, 0.25) is 5.95 Å². The van der Waals surface area contributed by atoms with Crippen LogP contribution in [0.15, 0.2) is 24.3 Å². The first-order chi connectivity index (χ1) is 10.9. The largest absolute Gasteiger partial charge is 0.354 e. The lowest BCUT2D eigenvalue weighted by Gasteiger charge is -2.13. The van der Waals surface area contributed by atoms with E-state index in [1.54, 1.807) is 0 Å². The Kier molecular flexibility index (Phi) is 6.19. The van der Waals surface area contributed by atoms with Gasteiger partial charge in [-0.1, -0.05) is 17.7 Å². The van der Waals surface area contributed by atoms with Crippen molar-refractivity contribution in [3.63, 3.8) is 0 Å². The number of halogens is 1. The lowest BCUT2D eigenvalue weighted by atomic mass is 10.2. The summed E-state index contributed by atoms with van der Waals surface area (Å²) in [4.78, 5) is 11.1. The summed E-state index contributed by atoms with van der Waals surface area (Å²) in [5, 5.41) is 7.30. The van der Waals surface area contributed by atoms with Gasteiger partial charge in [0.1, 0.15) is 5.82 Å². The zero-order valence-electron chi connectivity index (χ0n) is 14.2. The van der Waals surface area contributed by atoms with Crippen LogP contribution in [-0.4, -0.2) is 42.1 Å². The topological polar surface area (TPSA) is 53.1 Å². The molecule has 0 aliphatic carbocycles. The quantitative estimate of drug-likeness (QED) is 0.754. The molecule has 2 aromatic rings. The highest BCUT2D eigenvalue weighted by atomic mass is 35.5. The average Bonchev–Trinajstić information content (AvgIpc) is 2.47. The number of rotatable bonds is 7. The third kappa shape index (κ3) is 5.69. The third-order valence-electron chi connectivity index (χ3n) is 3.38. The zero-order valence-corrected chi connectivity index (χ0v) is 14.9. The fourth-order valence-corrected chi connectivity index (χ4v) is 2.35. The molecule has 2 N–H and O–H groups in total. The van der Waals surface area contributed by atoms with E-state index < -0.39 is 0 Å².